The Hall–Kier alpha value is -1.06. The highest BCUT2D eigenvalue weighted by atomic mass is 35.5. The maximum atomic E-state index is 13.6. The summed E-state index contributed by atoms with van der Waals surface area (Å²) in [4.78, 5) is 3.87. The van der Waals surface area contributed by atoms with Crippen molar-refractivity contribution in [1.29, 1.82) is 0 Å². The van der Waals surface area contributed by atoms with E-state index in [1.807, 2.05) is 0 Å². The van der Waals surface area contributed by atoms with E-state index in [4.69, 9.17) is 27.6 Å². The summed E-state index contributed by atoms with van der Waals surface area (Å²) in [6.07, 6.45) is 1.23. The third-order valence-electron chi connectivity index (χ3n) is 1.96. The SMILES string of the molecule is Fc1c(Cl)cccc1-c1ocnc1CCl. The van der Waals surface area contributed by atoms with Crippen LogP contribution in [0.4, 0.5) is 4.39 Å². The van der Waals surface area contributed by atoms with Gasteiger partial charge in [-0.3, -0.25) is 0 Å². The Morgan fingerprint density at radius 1 is 1.40 bits per heavy atom. The van der Waals surface area contributed by atoms with Crippen LogP contribution < -0.4 is 0 Å². The molecule has 2 nitrogen and oxygen atoms in total. The average molecular weight is 246 g/mol. The highest BCUT2D eigenvalue weighted by Gasteiger charge is 2.15. The van der Waals surface area contributed by atoms with E-state index in [-0.39, 0.29) is 16.5 Å². The lowest BCUT2D eigenvalue weighted by atomic mass is 10.1. The number of hydrogen-bond donors (Lipinski definition) is 0. The van der Waals surface area contributed by atoms with Crippen molar-refractivity contribution >= 4 is 23.2 Å². The maximum Gasteiger partial charge on any atom is 0.181 e. The number of aromatic nitrogens is 1. The van der Waals surface area contributed by atoms with Gasteiger partial charge in [0.05, 0.1) is 16.5 Å². The molecule has 1 aromatic carbocycles. The summed E-state index contributed by atoms with van der Waals surface area (Å²) in [5, 5.41) is 0.0458. The molecule has 0 bridgehead atoms. The Kier molecular flexibility index (Phi) is 2.93. The quantitative estimate of drug-likeness (QED) is 0.751. The summed E-state index contributed by atoms with van der Waals surface area (Å²) in [5.74, 6) is -0.0371. The molecule has 0 saturated carbocycles. The molecular formula is C10H6Cl2FNO. The van der Waals surface area contributed by atoms with Gasteiger partial charge in [0.15, 0.2) is 18.0 Å². The molecular weight excluding hydrogens is 240 g/mol. The topological polar surface area (TPSA) is 26.0 Å². The fraction of sp³-hybridized carbons (Fsp3) is 0.100. The smallest absolute Gasteiger partial charge is 0.181 e. The average Bonchev–Trinajstić information content (AvgIpc) is 2.70. The van der Waals surface area contributed by atoms with Crippen LogP contribution in [0.3, 0.4) is 0 Å². The van der Waals surface area contributed by atoms with Gasteiger partial charge in [0.25, 0.3) is 0 Å². The summed E-state index contributed by atoms with van der Waals surface area (Å²) in [6.45, 7) is 0. The van der Waals surface area contributed by atoms with E-state index in [0.29, 0.717) is 11.5 Å². The van der Waals surface area contributed by atoms with E-state index < -0.39 is 5.82 Å². The first-order chi connectivity index (χ1) is 7.24. The zero-order chi connectivity index (χ0) is 10.8. The van der Waals surface area contributed by atoms with Gasteiger partial charge in [0.1, 0.15) is 5.69 Å². The zero-order valence-electron chi connectivity index (χ0n) is 7.51. The molecule has 0 amide bonds. The lowest BCUT2D eigenvalue weighted by molar-refractivity contribution is 0.561. The molecule has 0 fully saturated rings. The van der Waals surface area contributed by atoms with Gasteiger partial charge in [-0.2, -0.15) is 0 Å². The molecule has 0 spiro atoms. The Labute approximate surface area is 95.6 Å². The number of hydrogen-bond acceptors (Lipinski definition) is 2. The molecule has 0 unspecified atom stereocenters. The van der Waals surface area contributed by atoms with Crippen molar-refractivity contribution in [1.82, 2.24) is 4.98 Å². The molecule has 15 heavy (non-hydrogen) atoms. The third kappa shape index (κ3) is 1.85. The lowest BCUT2D eigenvalue weighted by Gasteiger charge is -2.01. The minimum absolute atomic E-state index is 0.0458. The summed E-state index contributed by atoms with van der Waals surface area (Å²) in [5.41, 5.74) is 0.772. The fourth-order valence-electron chi connectivity index (χ4n) is 1.26. The predicted octanol–water partition coefficient (Wildman–Crippen LogP) is 3.87. The minimum Gasteiger partial charge on any atom is -0.443 e. The van der Waals surface area contributed by atoms with Crippen LogP contribution in [0.15, 0.2) is 29.0 Å². The molecule has 5 heteroatoms. The van der Waals surface area contributed by atoms with Crippen LogP contribution in [0.5, 0.6) is 0 Å². The van der Waals surface area contributed by atoms with Gasteiger partial charge in [0, 0.05) is 0 Å². The molecule has 0 aliphatic heterocycles. The highest BCUT2D eigenvalue weighted by Crippen LogP contribution is 2.30. The van der Waals surface area contributed by atoms with E-state index in [9.17, 15) is 4.39 Å². The maximum absolute atomic E-state index is 13.6. The number of benzene rings is 1. The monoisotopic (exact) mass is 245 g/mol. The van der Waals surface area contributed by atoms with Gasteiger partial charge in [-0.25, -0.2) is 9.37 Å². The Bertz CT molecular complexity index is 484. The first-order valence-electron chi connectivity index (χ1n) is 4.16. The number of nitrogens with zero attached hydrogens (tertiary/aromatic N) is 1. The molecule has 0 saturated heterocycles. The standard InChI is InChI=1S/C10H6Cl2FNO/c11-4-8-10(15-5-14-8)6-2-1-3-7(12)9(6)13/h1-3,5H,4H2. The predicted molar refractivity (Wildman–Crippen MR) is 56.5 cm³/mol. The Morgan fingerprint density at radius 2 is 2.20 bits per heavy atom. The molecule has 2 aromatic rings. The highest BCUT2D eigenvalue weighted by molar-refractivity contribution is 6.31. The number of rotatable bonds is 2. The van der Waals surface area contributed by atoms with Gasteiger partial charge in [0.2, 0.25) is 0 Å². The van der Waals surface area contributed by atoms with Crippen LogP contribution in [-0.2, 0) is 5.88 Å². The second-order valence-corrected chi connectivity index (χ2v) is 3.54. The van der Waals surface area contributed by atoms with Crippen LogP contribution in [0.2, 0.25) is 5.02 Å². The van der Waals surface area contributed by atoms with Gasteiger partial charge in [-0.1, -0.05) is 17.7 Å². The van der Waals surface area contributed by atoms with Crippen molar-refractivity contribution in [2.24, 2.45) is 0 Å². The van der Waals surface area contributed by atoms with Crippen LogP contribution in [0.1, 0.15) is 5.69 Å². The summed E-state index contributed by atoms with van der Waals surface area (Å²) in [6, 6.07) is 4.68. The first kappa shape index (κ1) is 10.5. The van der Waals surface area contributed by atoms with Crippen molar-refractivity contribution in [2.75, 3.05) is 0 Å². The van der Waals surface area contributed by atoms with Gasteiger partial charge < -0.3 is 4.42 Å². The molecule has 0 atom stereocenters. The largest absolute Gasteiger partial charge is 0.443 e. The summed E-state index contributed by atoms with van der Waals surface area (Å²) < 4.78 is 18.7. The van der Waals surface area contributed by atoms with Crippen molar-refractivity contribution < 1.29 is 8.81 Å². The van der Waals surface area contributed by atoms with E-state index >= 15 is 0 Å². The minimum atomic E-state index is -0.526. The fourth-order valence-corrected chi connectivity index (χ4v) is 1.63. The first-order valence-corrected chi connectivity index (χ1v) is 5.08. The summed E-state index contributed by atoms with van der Waals surface area (Å²) in [7, 11) is 0. The summed E-state index contributed by atoms with van der Waals surface area (Å²) >= 11 is 11.3. The second kappa shape index (κ2) is 4.21. The second-order valence-electron chi connectivity index (χ2n) is 2.86. The molecule has 2 rings (SSSR count). The third-order valence-corrected chi connectivity index (χ3v) is 2.51. The van der Waals surface area contributed by atoms with E-state index in [0.717, 1.165) is 0 Å². The van der Waals surface area contributed by atoms with Crippen LogP contribution in [-0.4, -0.2) is 4.98 Å². The molecule has 0 aliphatic rings. The van der Waals surface area contributed by atoms with E-state index in [2.05, 4.69) is 4.98 Å². The lowest BCUT2D eigenvalue weighted by Crippen LogP contribution is -1.87. The number of alkyl halides is 1. The van der Waals surface area contributed by atoms with Gasteiger partial charge in [-0.15, -0.1) is 11.6 Å². The van der Waals surface area contributed by atoms with Crippen LogP contribution in [0.25, 0.3) is 11.3 Å². The van der Waals surface area contributed by atoms with Crippen molar-refractivity contribution in [3.05, 3.63) is 41.1 Å². The zero-order valence-corrected chi connectivity index (χ0v) is 9.02. The molecule has 0 N–H and O–H groups in total. The van der Waals surface area contributed by atoms with Gasteiger partial charge in [-0.05, 0) is 12.1 Å². The molecule has 1 aromatic heterocycles. The van der Waals surface area contributed by atoms with Crippen LogP contribution in [0, 0.1) is 5.82 Å². The van der Waals surface area contributed by atoms with Crippen molar-refractivity contribution in [3.8, 4) is 11.3 Å². The van der Waals surface area contributed by atoms with Gasteiger partial charge >= 0.3 is 0 Å². The number of halogens is 3. The van der Waals surface area contributed by atoms with Crippen molar-refractivity contribution in [3.63, 3.8) is 0 Å². The van der Waals surface area contributed by atoms with E-state index in [1.54, 1.807) is 12.1 Å². The molecule has 0 aliphatic carbocycles. The van der Waals surface area contributed by atoms with E-state index in [1.165, 1.54) is 12.5 Å². The molecule has 0 radical (unpaired) electrons. The molecule has 78 valence electrons. The molecule has 1 heterocycles. The number of oxazole rings is 1. The Balaban J connectivity index is 2.59. The Morgan fingerprint density at radius 3 is 2.93 bits per heavy atom. The normalized spacial score (nSPS) is 10.6. The van der Waals surface area contributed by atoms with Crippen LogP contribution >= 0.6 is 23.2 Å². The van der Waals surface area contributed by atoms with Crippen molar-refractivity contribution in [2.45, 2.75) is 5.88 Å².